The second kappa shape index (κ2) is 2.91. The molecule has 3 nitrogen and oxygen atoms in total. The predicted octanol–water partition coefficient (Wildman–Crippen LogP) is 1.90. The average molecular weight is 185 g/mol. The molecule has 1 aromatic carbocycles. The third-order valence-electron chi connectivity index (χ3n) is 1.25. The lowest BCUT2D eigenvalue weighted by Gasteiger charge is -1.92. The van der Waals surface area contributed by atoms with Crippen molar-refractivity contribution < 1.29 is 12.3 Å². The van der Waals surface area contributed by atoms with E-state index in [2.05, 4.69) is 4.85 Å². The van der Waals surface area contributed by atoms with Crippen molar-refractivity contribution in [2.24, 2.45) is 0 Å². The van der Waals surface area contributed by atoms with Gasteiger partial charge in [-0.1, -0.05) is 24.3 Å². The first-order chi connectivity index (χ1) is 5.54. The molecule has 0 spiro atoms. The van der Waals surface area contributed by atoms with Crippen LogP contribution in [-0.4, -0.2) is 8.42 Å². The van der Waals surface area contributed by atoms with Gasteiger partial charge in [-0.25, -0.2) is 4.85 Å². The summed E-state index contributed by atoms with van der Waals surface area (Å²) in [6.45, 7) is 6.55. The van der Waals surface area contributed by atoms with Gasteiger partial charge < -0.3 is 0 Å². The maximum Gasteiger partial charge on any atom is 0.331 e. The normalized spacial score (nSPS) is 10.7. The van der Waals surface area contributed by atoms with Gasteiger partial charge in [0.1, 0.15) is 0 Å². The first-order valence-corrected chi connectivity index (χ1v) is 4.34. The first kappa shape index (κ1) is 8.68. The lowest BCUT2D eigenvalue weighted by atomic mass is 10.3. The van der Waals surface area contributed by atoms with Gasteiger partial charge in [0.05, 0.1) is 11.5 Å². The Morgan fingerprint density at radius 2 is 1.75 bits per heavy atom. The van der Waals surface area contributed by atoms with Crippen LogP contribution in [0.5, 0.6) is 0 Å². The van der Waals surface area contributed by atoms with Crippen LogP contribution in [0.3, 0.4) is 0 Å². The van der Waals surface area contributed by atoms with Gasteiger partial charge >= 0.3 is 10.2 Å². The number of hydrogen-bond donors (Lipinski definition) is 0. The van der Waals surface area contributed by atoms with Crippen molar-refractivity contribution in [2.75, 3.05) is 0 Å². The predicted molar refractivity (Wildman–Crippen MR) is 41.0 cm³/mol. The molecule has 0 N–H and O–H groups in total. The monoisotopic (exact) mass is 185 g/mol. The van der Waals surface area contributed by atoms with E-state index in [-0.39, 0.29) is 5.69 Å². The summed E-state index contributed by atoms with van der Waals surface area (Å²) in [5.74, 6) is 0. The van der Waals surface area contributed by atoms with Gasteiger partial charge in [0, 0.05) is 0 Å². The molecular weight excluding hydrogens is 181 g/mol. The van der Waals surface area contributed by atoms with Crippen LogP contribution >= 0.6 is 0 Å². The second-order valence-corrected chi connectivity index (χ2v) is 3.39. The fraction of sp³-hybridized carbons (Fsp3) is 0. The summed E-state index contributed by atoms with van der Waals surface area (Å²) >= 11 is 0. The molecule has 1 rings (SSSR count). The molecule has 0 radical (unpaired) electrons. The SMILES string of the molecule is [C-]#[N+]c1ccc(S(=O)(=O)F)cc1. The van der Waals surface area contributed by atoms with Crippen LogP contribution in [0.1, 0.15) is 0 Å². The Morgan fingerprint density at radius 1 is 1.25 bits per heavy atom. The van der Waals surface area contributed by atoms with Crippen molar-refractivity contribution in [2.45, 2.75) is 4.90 Å². The van der Waals surface area contributed by atoms with Crippen LogP contribution in [-0.2, 0) is 10.2 Å². The van der Waals surface area contributed by atoms with Gasteiger partial charge in [0.25, 0.3) is 0 Å². The number of benzene rings is 1. The van der Waals surface area contributed by atoms with Crippen LogP contribution in [0.25, 0.3) is 4.85 Å². The molecule has 0 heterocycles. The third kappa shape index (κ3) is 1.80. The first-order valence-electron chi connectivity index (χ1n) is 2.96. The Bertz CT molecular complexity index is 416. The fourth-order valence-corrected chi connectivity index (χ4v) is 1.14. The molecule has 1 aromatic rings. The van der Waals surface area contributed by atoms with Crippen molar-refractivity contribution >= 4 is 15.9 Å². The van der Waals surface area contributed by atoms with Crippen molar-refractivity contribution in [1.82, 2.24) is 0 Å². The van der Waals surface area contributed by atoms with E-state index in [4.69, 9.17) is 6.57 Å². The van der Waals surface area contributed by atoms with Crippen molar-refractivity contribution in [3.8, 4) is 0 Å². The minimum absolute atomic E-state index is 0.280. The Labute approximate surface area is 69.5 Å². The molecule has 0 atom stereocenters. The van der Waals surface area contributed by atoms with E-state index in [9.17, 15) is 12.3 Å². The standard InChI is InChI=1S/C7H4FNO2S/c1-9-6-2-4-7(5-3-6)12(8,10)11/h2-5H. The van der Waals surface area contributed by atoms with E-state index in [1.165, 1.54) is 12.1 Å². The van der Waals surface area contributed by atoms with Gasteiger partial charge in [-0.05, 0) is 0 Å². The maximum absolute atomic E-state index is 12.3. The van der Waals surface area contributed by atoms with Gasteiger partial charge in [0.2, 0.25) is 0 Å². The number of nitrogens with zero attached hydrogens (tertiary/aromatic N) is 1. The quantitative estimate of drug-likeness (QED) is 0.495. The summed E-state index contributed by atoms with van der Waals surface area (Å²) in [5, 5.41) is 0. The topological polar surface area (TPSA) is 38.5 Å². The smallest absolute Gasteiger partial charge is 0.238 e. The molecule has 0 bridgehead atoms. The highest BCUT2D eigenvalue weighted by atomic mass is 32.3. The maximum atomic E-state index is 12.3. The summed E-state index contributed by atoms with van der Waals surface area (Å²) in [6.07, 6.45) is 0. The zero-order valence-electron chi connectivity index (χ0n) is 5.86. The van der Waals surface area contributed by atoms with Crippen LogP contribution in [0.4, 0.5) is 9.57 Å². The highest BCUT2D eigenvalue weighted by Crippen LogP contribution is 2.17. The molecule has 62 valence electrons. The summed E-state index contributed by atoms with van der Waals surface area (Å²) in [5.41, 5.74) is 0.280. The van der Waals surface area contributed by atoms with E-state index < -0.39 is 15.1 Å². The van der Waals surface area contributed by atoms with E-state index in [0.29, 0.717) is 0 Å². The summed E-state index contributed by atoms with van der Waals surface area (Å²) < 4.78 is 32.8. The Kier molecular flexibility index (Phi) is 2.11. The molecule has 0 saturated heterocycles. The Hall–Kier alpha value is -1.41. The lowest BCUT2D eigenvalue weighted by Crippen LogP contribution is -1.89. The molecule has 5 heteroatoms. The van der Waals surface area contributed by atoms with E-state index in [0.717, 1.165) is 12.1 Å². The van der Waals surface area contributed by atoms with Gasteiger partial charge in [-0.15, -0.1) is 3.89 Å². The molecule has 0 amide bonds. The second-order valence-electron chi connectivity index (χ2n) is 2.04. The number of rotatable bonds is 1. The fourth-order valence-electron chi connectivity index (χ4n) is 0.683. The van der Waals surface area contributed by atoms with Gasteiger partial charge in [-0.2, -0.15) is 8.42 Å². The van der Waals surface area contributed by atoms with Crippen LogP contribution in [0.2, 0.25) is 0 Å². The summed E-state index contributed by atoms with van der Waals surface area (Å²) in [6, 6.07) is 4.62. The molecular formula is C7H4FNO2S. The average Bonchev–Trinajstić information content (AvgIpc) is 2.03. The van der Waals surface area contributed by atoms with Crippen molar-refractivity contribution in [3.05, 3.63) is 35.7 Å². The number of halogens is 1. The van der Waals surface area contributed by atoms with Crippen LogP contribution in [0.15, 0.2) is 29.2 Å². The Balaban J connectivity index is 3.20. The lowest BCUT2D eigenvalue weighted by molar-refractivity contribution is 0.552. The van der Waals surface area contributed by atoms with Crippen molar-refractivity contribution in [3.63, 3.8) is 0 Å². The molecule has 0 aromatic heterocycles. The number of hydrogen-bond acceptors (Lipinski definition) is 2. The molecule has 12 heavy (non-hydrogen) atoms. The Morgan fingerprint density at radius 3 is 2.08 bits per heavy atom. The van der Waals surface area contributed by atoms with Gasteiger partial charge in [0.15, 0.2) is 5.69 Å². The molecule has 0 fully saturated rings. The molecule has 0 aliphatic carbocycles. The zero-order valence-corrected chi connectivity index (χ0v) is 6.68. The third-order valence-corrected chi connectivity index (χ3v) is 2.08. The zero-order chi connectivity index (χ0) is 9.19. The molecule has 0 aliphatic heterocycles. The van der Waals surface area contributed by atoms with Crippen LogP contribution in [0, 0.1) is 6.57 Å². The minimum atomic E-state index is -4.63. The summed E-state index contributed by atoms with van der Waals surface area (Å²) in [7, 11) is -4.63. The molecule has 0 aliphatic rings. The van der Waals surface area contributed by atoms with Crippen molar-refractivity contribution in [1.29, 1.82) is 0 Å². The van der Waals surface area contributed by atoms with Gasteiger partial charge in [-0.3, -0.25) is 0 Å². The molecule has 0 unspecified atom stereocenters. The summed E-state index contributed by atoms with van der Waals surface area (Å²) in [4.78, 5) is 2.61. The van der Waals surface area contributed by atoms with E-state index in [1.807, 2.05) is 0 Å². The minimum Gasteiger partial charge on any atom is -0.238 e. The van der Waals surface area contributed by atoms with E-state index >= 15 is 0 Å². The highest BCUT2D eigenvalue weighted by molar-refractivity contribution is 7.86. The molecule has 0 saturated carbocycles. The van der Waals surface area contributed by atoms with Crippen LogP contribution < -0.4 is 0 Å². The highest BCUT2D eigenvalue weighted by Gasteiger charge is 2.10. The van der Waals surface area contributed by atoms with E-state index in [1.54, 1.807) is 0 Å². The largest absolute Gasteiger partial charge is 0.331 e.